The predicted octanol–water partition coefficient (Wildman–Crippen LogP) is 3.54. The van der Waals surface area contributed by atoms with Gasteiger partial charge in [0.1, 0.15) is 0 Å². The van der Waals surface area contributed by atoms with E-state index in [-0.39, 0.29) is 30.4 Å². The molecule has 1 rings (SSSR count). The van der Waals surface area contributed by atoms with Crippen LogP contribution in [0.2, 0.25) is 0 Å². The standard InChI is InChI=1S/C18H27NO3/c1-6-7-15(5)22-17(20)11-14(4)19-18(21)16-9-8-12(2)13(3)10-16/h8-10,14-15H,6-7,11H2,1-5H3,(H,19,21). The molecular weight excluding hydrogens is 278 g/mol. The van der Waals surface area contributed by atoms with E-state index in [0.29, 0.717) is 5.56 Å². The third-order valence-corrected chi connectivity index (χ3v) is 3.65. The lowest BCUT2D eigenvalue weighted by atomic mass is 10.1. The Kier molecular flexibility index (Phi) is 7.09. The molecule has 0 aliphatic carbocycles. The first-order valence-electron chi connectivity index (χ1n) is 7.91. The molecule has 22 heavy (non-hydrogen) atoms. The van der Waals surface area contributed by atoms with E-state index in [1.807, 2.05) is 39.8 Å². The van der Waals surface area contributed by atoms with Crippen molar-refractivity contribution in [3.05, 3.63) is 34.9 Å². The molecular formula is C18H27NO3. The van der Waals surface area contributed by atoms with Crippen molar-refractivity contribution in [1.29, 1.82) is 0 Å². The zero-order chi connectivity index (χ0) is 16.7. The second kappa shape index (κ2) is 8.57. The Morgan fingerprint density at radius 1 is 1.18 bits per heavy atom. The van der Waals surface area contributed by atoms with Crippen LogP contribution < -0.4 is 5.32 Å². The van der Waals surface area contributed by atoms with Crippen LogP contribution in [0.5, 0.6) is 0 Å². The van der Waals surface area contributed by atoms with Crippen molar-refractivity contribution in [2.24, 2.45) is 0 Å². The molecule has 122 valence electrons. The molecule has 2 unspecified atom stereocenters. The highest BCUT2D eigenvalue weighted by Gasteiger charge is 2.16. The van der Waals surface area contributed by atoms with Gasteiger partial charge in [-0.25, -0.2) is 0 Å². The predicted molar refractivity (Wildman–Crippen MR) is 87.9 cm³/mol. The van der Waals surface area contributed by atoms with Crippen molar-refractivity contribution in [1.82, 2.24) is 5.32 Å². The number of carbonyl (C=O) groups is 2. The zero-order valence-corrected chi connectivity index (χ0v) is 14.2. The van der Waals surface area contributed by atoms with Crippen LogP contribution in [0.3, 0.4) is 0 Å². The summed E-state index contributed by atoms with van der Waals surface area (Å²) >= 11 is 0. The second-order valence-electron chi connectivity index (χ2n) is 5.97. The maximum absolute atomic E-state index is 12.2. The fourth-order valence-corrected chi connectivity index (χ4v) is 2.23. The van der Waals surface area contributed by atoms with E-state index in [1.54, 1.807) is 6.07 Å². The van der Waals surface area contributed by atoms with E-state index in [0.717, 1.165) is 24.0 Å². The lowest BCUT2D eigenvalue weighted by molar-refractivity contribution is -0.148. The van der Waals surface area contributed by atoms with Gasteiger partial charge < -0.3 is 10.1 Å². The molecule has 1 aromatic rings. The van der Waals surface area contributed by atoms with Gasteiger partial charge in [0.05, 0.1) is 12.5 Å². The van der Waals surface area contributed by atoms with Crippen LogP contribution in [0.4, 0.5) is 0 Å². The van der Waals surface area contributed by atoms with Crippen LogP contribution in [-0.2, 0) is 9.53 Å². The van der Waals surface area contributed by atoms with Crippen molar-refractivity contribution in [2.45, 2.75) is 66.0 Å². The number of esters is 1. The Bertz CT molecular complexity index is 525. The van der Waals surface area contributed by atoms with Crippen molar-refractivity contribution < 1.29 is 14.3 Å². The molecule has 0 heterocycles. The highest BCUT2D eigenvalue weighted by atomic mass is 16.5. The lowest BCUT2D eigenvalue weighted by Crippen LogP contribution is -2.35. The van der Waals surface area contributed by atoms with Crippen LogP contribution in [-0.4, -0.2) is 24.0 Å². The Hall–Kier alpha value is -1.84. The normalized spacial score (nSPS) is 13.3. The van der Waals surface area contributed by atoms with Gasteiger partial charge in [-0.15, -0.1) is 0 Å². The van der Waals surface area contributed by atoms with Crippen molar-refractivity contribution in [3.8, 4) is 0 Å². The number of ether oxygens (including phenoxy) is 1. The van der Waals surface area contributed by atoms with Crippen molar-refractivity contribution in [3.63, 3.8) is 0 Å². The third kappa shape index (κ3) is 5.88. The Balaban J connectivity index is 2.50. The number of rotatable bonds is 7. The summed E-state index contributed by atoms with van der Waals surface area (Å²) in [4.78, 5) is 23.9. The summed E-state index contributed by atoms with van der Waals surface area (Å²) in [6.45, 7) is 9.73. The first-order chi connectivity index (χ1) is 10.3. The first-order valence-corrected chi connectivity index (χ1v) is 7.91. The fraction of sp³-hybridized carbons (Fsp3) is 0.556. The summed E-state index contributed by atoms with van der Waals surface area (Å²) in [5, 5.41) is 2.84. The minimum Gasteiger partial charge on any atom is -0.463 e. The molecule has 4 nitrogen and oxygen atoms in total. The highest BCUT2D eigenvalue weighted by Crippen LogP contribution is 2.10. The molecule has 0 saturated heterocycles. The van der Waals surface area contributed by atoms with Crippen LogP contribution in [0.15, 0.2) is 18.2 Å². The van der Waals surface area contributed by atoms with E-state index in [2.05, 4.69) is 12.2 Å². The molecule has 1 aromatic carbocycles. The Labute approximate surface area is 133 Å². The van der Waals surface area contributed by atoms with Crippen LogP contribution in [0.1, 0.15) is 61.5 Å². The average molecular weight is 305 g/mol. The number of amides is 1. The summed E-state index contributed by atoms with van der Waals surface area (Å²) in [7, 11) is 0. The number of nitrogens with one attached hydrogen (secondary N) is 1. The molecule has 4 heteroatoms. The zero-order valence-electron chi connectivity index (χ0n) is 14.2. The molecule has 0 radical (unpaired) electrons. The van der Waals surface area contributed by atoms with Gasteiger partial charge in [0.25, 0.3) is 5.91 Å². The molecule has 0 bridgehead atoms. The molecule has 0 spiro atoms. The Morgan fingerprint density at radius 3 is 2.45 bits per heavy atom. The monoisotopic (exact) mass is 305 g/mol. The maximum Gasteiger partial charge on any atom is 0.308 e. The van der Waals surface area contributed by atoms with Gasteiger partial charge in [-0.05, 0) is 57.4 Å². The van der Waals surface area contributed by atoms with Gasteiger partial charge in [0.15, 0.2) is 0 Å². The molecule has 0 fully saturated rings. The van der Waals surface area contributed by atoms with Gasteiger partial charge >= 0.3 is 5.97 Å². The van der Waals surface area contributed by atoms with Crippen molar-refractivity contribution in [2.75, 3.05) is 0 Å². The smallest absolute Gasteiger partial charge is 0.308 e. The third-order valence-electron chi connectivity index (χ3n) is 3.65. The van der Waals surface area contributed by atoms with Crippen LogP contribution in [0, 0.1) is 13.8 Å². The fourth-order valence-electron chi connectivity index (χ4n) is 2.23. The molecule has 1 N–H and O–H groups in total. The van der Waals surface area contributed by atoms with Crippen LogP contribution in [0.25, 0.3) is 0 Å². The summed E-state index contributed by atoms with van der Waals surface area (Å²) in [5.74, 6) is -0.432. The molecule has 0 aliphatic heterocycles. The quantitative estimate of drug-likeness (QED) is 0.784. The first kappa shape index (κ1) is 18.2. The summed E-state index contributed by atoms with van der Waals surface area (Å²) in [6.07, 6.45) is 1.95. The number of benzene rings is 1. The molecule has 0 aliphatic rings. The van der Waals surface area contributed by atoms with Gasteiger partial charge in [0.2, 0.25) is 0 Å². The summed E-state index contributed by atoms with van der Waals surface area (Å²) in [5.41, 5.74) is 2.84. The molecule has 1 amide bonds. The minimum atomic E-state index is -0.270. The van der Waals surface area contributed by atoms with Crippen molar-refractivity contribution >= 4 is 11.9 Å². The lowest BCUT2D eigenvalue weighted by Gasteiger charge is -2.16. The second-order valence-corrected chi connectivity index (χ2v) is 5.97. The van der Waals surface area contributed by atoms with Gasteiger partial charge in [-0.1, -0.05) is 19.4 Å². The van der Waals surface area contributed by atoms with Gasteiger partial charge in [-0.3, -0.25) is 9.59 Å². The van der Waals surface area contributed by atoms with Crippen LogP contribution >= 0.6 is 0 Å². The number of hydrogen-bond acceptors (Lipinski definition) is 3. The van der Waals surface area contributed by atoms with E-state index in [9.17, 15) is 9.59 Å². The summed E-state index contributed by atoms with van der Waals surface area (Å²) < 4.78 is 5.29. The maximum atomic E-state index is 12.2. The minimum absolute atomic E-state index is 0.0693. The molecule has 0 saturated carbocycles. The van der Waals surface area contributed by atoms with E-state index < -0.39 is 0 Å². The van der Waals surface area contributed by atoms with E-state index in [1.165, 1.54) is 0 Å². The number of carbonyl (C=O) groups excluding carboxylic acids is 2. The topological polar surface area (TPSA) is 55.4 Å². The van der Waals surface area contributed by atoms with Gasteiger partial charge in [-0.2, -0.15) is 0 Å². The van der Waals surface area contributed by atoms with Gasteiger partial charge in [0, 0.05) is 11.6 Å². The highest BCUT2D eigenvalue weighted by molar-refractivity contribution is 5.94. The van der Waals surface area contributed by atoms with E-state index >= 15 is 0 Å². The number of aryl methyl sites for hydroxylation is 2. The summed E-state index contributed by atoms with van der Waals surface area (Å²) in [6, 6.07) is 5.33. The SMILES string of the molecule is CCCC(C)OC(=O)CC(C)NC(=O)c1ccc(C)c(C)c1. The molecule has 2 atom stereocenters. The average Bonchev–Trinajstić information content (AvgIpc) is 2.41. The Morgan fingerprint density at radius 2 is 1.86 bits per heavy atom. The number of hydrogen-bond donors (Lipinski definition) is 1. The largest absolute Gasteiger partial charge is 0.463 e. The van der Waals surface area contributed by atoms with E-state index in [4.69, 9.17) is 4.74 Å². The molecule has 0 aromatic heterocycles.